The van der Waals surface area contributed by atoms with Gasteiger partial charge in [-0.2, -0.15) is 10.5 Å². The zero-order valence-electron chi connectivity index (χ0n) is 21.6. The van der Waals surface area contributed by atoms with E-state index in [9.17, 15) is 20.1 Å². The van der Waals surface area contributed by atoms with Crippen LogP contribution >= 0.6 is 11.8 Å². The second-order valence-corrected chi connectivity index (χ2v) is 9.63. The first kappa shape index (κ1) is 28.3. The standard InChI is InChI=1S/C25H22N4O3S.C3H7NO/c1-2-31-25(30)22-20(14-33-24-17(12-26)11-16-9-6-10-19(16)29-24)32-23(28)18(13-27)21(22)15-7-4-3-5-8-15;1-4(2)3-5/h3-5,7-8,11,21H,2,6,9-10,14,28H2,1H3;3H,1-2H3. The second kappa shape index (κ2) is 13.3. The molecule has 1 unspecified atom stereocenters. The molecule has 1 aromatic heterocycles. The van der Waals surface area contributed by atoms with E-state index in [0.29, 0.717) is 16.3 Å². The molecule has 2 N–H and O–H groups in total. The highest BCUT2D eigenvalue weighted by Crippen LogP contribution is 2.41. The zero-order valence-corrected chi connectivity index (χ0v) is 22.4. The SMILES string of the molecule is CCOC(=O)C1=C(CSc2nc3c(cc2C#N)CCC3)OC(N)=C(C#N)C1c1ccccc1.CN(C)C=O. The number of amides is 1. The first-order valence-corrected chi connectivity index (χ1v) is 13.0. The van der Waals surface area contributed by atoms with Gasteiger partial charge < -0.3 is 20.1 Å². The number of hydrogen-bond donors (Lipinski definition) is 1. The maximum atomic E-state index is 13.0. The number of carbonyl (C=O) groups is 2. The number of nitrogens with two attached hydrogens (primary N) is 1. The summed E-state index contributed by atoms with van der Waals surface area (Å²) in [6.45, 7) is 1.90. The number of carbonyl (C=O) groups excluding carboxylic acids is 2. The van der Waals surface area contributed by atoms with Gasteiger partial charge in [0.25, 0.3) is 0 Å². The van der Waals surface area contributed by atoms with Gasteiger partial charge in [0.05, 0.1) is 29.4 Å². The Labute approximate surface area is 226 Å². The van der Waals surface area contributed by atoms with Crippen LogP contribution in [0.2, 0.25) is 0 Å². The summed E-state index contributed by atoms with van der Waals surface area (Å²) in [5.41, 5.74) is 9.87. The maximum absolute atomic E-state index is 13.0. The van der Waals surface area contributed by atoms with Crippen LogP contribution < -0.4 is 5.73 Å². The number of aryl methyl sites for hydroxylation is 2. The van der Waals surface area contributed by atoms with E-state index in [1.807, 2.05) is 36.4 Å². The van der Waals surface area contributed by atoms with Crippen molar-refractivity contribution in [3.8, 4) is 12.1 Å². The van der Waals surface area contributed by atoms with Gasteiger partial charge >= 0.3 is 5.97 Å². The molecule has 38 heavy (non-hydrogen) atoms. The number of ether oxygens (including phenoxy) is 2. The van der Waals surface area contributed by atoms with Crippen molar-refractivity contribution in [2.24, 2.45) is 5.73 Å². The van der Waals surface area contributed by atoms with Gasteiger partial charge in [0.2, 0.25) is 12.3 Å². The number of nitrogens with zero attached hydrogens (tertiary/aromatic N) is 4. The van der Waals surface area contributed by atoms with Crippen LogP contribution in [0, 0.1) is 22.7 Å². The van der Waals surface area contributed by atoms with Crippen molar-refractivity contribution in [3.05, 3.63) is 81.6 Å². The molecule has 2 heterocycles. The summed E-state index contributed by atoms with van der Waals surface area (Å²) in [4.78, 5) is 28.6. The quantitative estimate of drug-likeness (QED) is 0.322. The van der Waals surface area contributed by atoms with Crippen molar-refractivity contribution < 1.29 is 19.1 Å². The van der Waals surface area contributed by atoms with Gasteiger partial charge in [-0.3, -0.25) is 4.79 Å². The molecule has 1 aliphatic carbocycles. The number of pyridine rings is 1. The van der Waals surface area contributed by atoms with E-state index >= 15 is 0 Å². The number of nitriles is 2. The molecule has 0 spiro atoms. The average molecular weight is 532 g/mol. The summed E-state index contributed by atoms with van der Waals surface area (Å²) in [5.74, 6) is -0.808. The van der Waals surface area contributed by atoms with Crippen molar-refractivity contribution in [2.45, 2.75) is 37.1 Å². The smallest absolute Gasteiger partial charge is 0.338 e. The van der Waals surface area contributed by atoms with E-state index in [1.54, 1.807) is 21.0 Å². The maximum Gasteiger partial charge on any atom is 0.338 e. The first-order valence-electron chi connectivity index (χ1n) is 12.0. The third-order valence-electron chi connectivity index (χ3n) is 5.81. The van der Waals surface area contributed by atoms with Gasteiger partial charge in [0.15, 0.2) is 0 Å². The number of hydrogen-bond acceptors (Lipinski definition) is 9. The van der Waals surface area contributed by atoms with Crippen LogP contribution in [0.3, 0.4) is 0 Å². The molecule has 9 nitrogen and oxygen atoms in total. The minimum atomic E-state index is -0.706. The van der Waals surface area contributed by atoms with Gasteiger partial charge in [-0.1, -0.05) is 42.1 Å². The lowest BCUT2D eigenvalue weighted by atomic mass is 9.83. The lowest BCUT2D eigenvalue weighted by Crippen LogP contribution is -2.27. The molecule has 1 aromatic carbocycles. The van der Waals surface area contributed by atoms with Crippen LogP contribution in [0.5, 0.6) is 0 Å². The molecule has 1 atom stereocenters. The lowest BCUT2D eigenvalue weighted by molar-refractivity contribution is -0.139. The fourth-order valence-electron chi connectivity index (χ4n) is 4.11. The Morgan fingerprint density at radius 2 is 1.97 bits per heavy atom. The number of allylic oxidation sites excluding steroid dienone is 1. The van der Waals surface area contributed by atoms with Crippen LogP contribution in [-0.2, 0) is 31.9 Å². The Bertz CT molecular complexity index is 1340. The summed E-state index contributed by atoms with van der Waals surface area (Å²) in [6, 6.07) is 15.4. The van der Waals surface area contributed by atoms with Crippen molar-refractivity contribution >= 4 is 24.1 Å². The van der Waals surface area contributed by atoms with Crippen LogP contribution in [0.1, 0.15) is 41.6 Å². The largest absolute Gasteiger partial charge is 0.463 e. The number of aromatic nitrogens is 1. The van der Waals surface area contributed by atoms with Crippen molar-refractivity contribution in [3.63, 3.8) is 0 Å². The molecule has 0 fully saturated rings. The second-order valence-electron chi connectivity index (χ2n) is 8.66. The molecule has 0 saturated carbocycles. The van der Waals surface area contributed by atoms with Crippen LogP contribution in [-0.4, -0.2) is 48.7 Å². The first-order chi connectivity index (χ1) is 18.3. The van der Waals surface area contributed by atoms with E-state index in [2.05, 4.69) is 12.1 Å². The van der Waals surface area contributed by atoms with Crippen LogP contribution in [0.25, 0.3) is 0 Å². The Morgan fingerprint density at radius 3 is 2.58 bits per heavy atom. The number of rotatable bonds is 7. The molecule has 2 aliphatic rings. The topological polar surface area (TPSA) is 142 Å². The summed E-state index contributed by atoms with van der Waals surface area (Å²) < 4.78 is 11.1. The molecule has 0 radical (unpaired) electrons. The molecular formula is C28H29N5O4S. The molecule has 10 heteroatoms. The summed E-state index contributed by atoms with van der Waals surface area (Å²) >= 11 is 1.31. The van der Waals surface area contributed by atoms with Gasteiger partial charge in [0, 0.05) is 19.8 Å². The highest BCUT2D eigenvalue weighted by Gasteiger charge is 2.37. The molecule has 2 aromatic rings. The predicted molar refractivity (Wildman–Crippen MR) is 142 cm³/mol. The molecular weight excluding hydrogens is 502 g/mol. The van der Waals surface area contributed by atoms with Gasteiger partial charge in [-0.25, -0.2) is 9.78 Å². The highest BCUT2D eigenvalue weighted by molar-refractivity contribution is 7.99. The van der Waals surface area contributed by atoms with Crippen molar-refractivity contribution in [2.75, 3.05) is 26.5 Å². The normalized spacial score (nSPS) is 15.8. The van der Waals surface area contributed by atoms with Gasteiger partial charge in [-0.05, 0) is 43.4 Å². The average Bonchev–Trinajstić information content (AvgIpc) is 3.39. The molecule has 1 amide bonds. The number of fused-ring (bicyclic) bond motifs is 1. The Hall–Kier alpha value is -4.28. The predicted octanol–water partition coefficient (Wildman–Crippen LogP) is 3.56. The Morgan fingerprint density at radius 1 is 1.26 bits per heavy atom. The van der Waals surface area contributed by atoms with Crippen molar-refractivity contribution in [1.82, 2.24) is 9.88 Å². The fourth-order valence-corrected chi connectivity index (χ4v) is 5.03. The molecule has 0 saturated heterocycles. The molecule has 196 valence electrons. The Balaban J connectivity index is 0.000000732. The zero-order chi connectivity index (χ0) is 27.7. The van der Waals surface area contributed by atoms with E-state index in [-0.39, 0.29) is 29.4 Å². The van der Waals surface area contributed by atoms with E-state index in [1.165, 1.54) is 16.7 Å². The molecule has 4 rings (SSSR count). The van der Waals surface area contributed by atoms with Crippen LogP contribution in [0.15, 0.2) is 64.2 Å². The molecule has 0 bridgehead atoms. The summed E-state index contributed by atoms with van der Waals surface area (Å²) in [7, 11) is 3.38. The van der Waals surface area contributed by atoms with Gasteiger partial charge in [-0.15, -0.1) is 0 Å². The fraction of sp³-hybridized carbons (Fsp3) is 0.321. The van der Waals surface area contributed by atoms with Crippen LogP contribution in [0.4, 0.5) is 0 Å². The third kappa shape index (κ3) is 6.53. The minimum Gasteiger partial charge on any atom is -0.463 e. The summed E-state index contributed by atoms with van der Waals surface area (Å²) in [5, 5.41) is 20.0. The lowest BCUT2D eigenvalue weighted by Gasteiger charge is -2.28. The molecule has 1 aliphatic heterocycles. The van der Waals surface area contributed by atoms with Crippen molar-refractivity contribution in [1.29, 1.82) is 10.5 Å². The van der Waals surface area contributed by atoms with E-state index in [4.69, 9.17) is 20.2 Å². The highest BCUT2D eigenvalue weighted by atomic mass is 32.2. The minimum absolute atomic E-state index is 0.0441. The van der Waals surface area contributed by atoms with E-state index < -0.39 is 11.9 Å². The monoisotopic (exact) mass is 531 g/mol. The Kier molecular flexibility index (Phi) is 9.92. The number of benzene rings is 1. The number of esters is 1. The number of thioether (sulfide) groups is 1. The van der Waals surface area contributed by atoms with E-state index in [0.717, 1.165) is 42.5 Å². The van der Waals surface area contributed by atoms with Gasteiger partial charge in [0.1, 0.15) is 28.5 Å². The third-order valence-corrected chi connectivity index (χ3v) is 6.80. The summed E-state index contributed by atoms with van der Waals surface area (Å²) in [6.07, 6.45) is 3.60.